The van der Waals surface area contributed by atoms with Crippen LogP contribution in [0.5, 0.6) is 0 Å². The van der Waals surface area contributed by atoms with Crippen molar-refractivity contribution in [2.45, 2.75) is 38.9 Å². The molecule has 6 heteroatoms. The molecule has 5 nitrogen and oxygen atoms in total. The average Bonchev–Trinajstić information content (AvgIpc) is 2.39. The van der Waals surface area contributed by atoms with Crippen molar-refractivity contribution in [3.05, 3.63) is 0 Å². The predicted octanol–water partition coefficient (Wildman–Crippen LogP) is 0.658. The van der Waals surface area contributed by atoms with Crippen LogP contribution in [-0.2, 0) is 14.6 Å². The van der Waals surface area contributed by atoms with Gasteiger partial charge in [-0.25, -0.2) is 8.42 Å². The lowest BCUT2D eigenvalue weighted by Gasteiger charge is -2.28. The second kappa shape index (κ2) is 7.24. The van der Waals surface area contributed by atoms with Crippen LogP contribution >= 0.6 is 0 Å². The van der Waals surface area contributed by atoms with Crippen LogP contribution in [0.15, 0.2) is 0 Å². The number of amides is 1. The molecule has 1 aliphatic rings. The molecule has 1 saturated heterocycles. The van der Waals surface area contributed by atoms with Crippen molar-refractivity contribution in [1.29, 1.82) is 0 Å². The minimum Gasteiger partial charge on any atom is -0.342 e. The first-order chi connectivity index (χ1) is 8.92. The third kappa shape index (κ3) is 4.45. The molecule has 1 rings (SSSR count). The Kier molecular flexibility index (Phi) is 6.26. The zero-order valence-corrected chi connectivity index (χ0v) is 13.0. The first-order valence-electron chi connectivity index (χ1n) is 7.12. The van der Waals surface area contributed by atoms with E-state index in [9.17, 15) is 13.2 Å². The Bertz CT molecular complexity index is 385. The van der Waals surface area contributed by atoms with E-state index in [-0.39, 0.29) is 17.6 Å². The zero-order valence-electron chi connectivity index (χ0n) is 12.2. The maximum absolute atomic E-state index is 12.3. The molecule has 0 aromatic heterocycles. The van der Waals surface area contributed by atoms with E-state index in [2.05, 4.69) is 5.32 Å². The smallest absolute Gasteiger partial charge is 0.237 e. The Morgan fingerprint density at radius 1 is 1.26 bits per heavy atom. The normalized spacial score (nSPS) is 19.1. The quantitative estimate of drug-likeness (QED) is 0.780. The minimum atomic E-state index is -3.34. The molecule has 1 heterocycles. The highest BCUT2D eigenvalue weighted by molar-refractivity contribution is 7.92. The van der Waals surface area contributed by atoms with Crippen LogP contribution in [0.1, 0.15) is 33.6 Å². The fourth-order valence-corrected chi connectivity index (χ4v) is 4.23. The number of piperidine rings is 1. The van der Waals surface area contributed by atoms with Gasteiger partial charge in [0.25, 0.3) is 0 Å². The van der Waals surface area contributed by atoms with Gasteiger partial charge in [0.1, 0.15) is 5.75 Å². The molecule has 0 saturated carbocycles. The first kappa shape index (κ1) is 16.4. The molecule has 0 aliphatic carbocycles. The average molecular weight is 290 g/mol. The number of sulfone groups is 1. The largest absolute Gasteiger partial charge is 0.342 e. The van der Waals surface area contributed by atoms with Crippen LogP contribution in [-0.4, -0.2) is 56.4 Å². The second-order valence-corrected chi connectivity index (χ2v) is 7.52. The summed E-state index contributed by atoms with van der Waals surface area (Å²) in [6, 6.07) is 0. The van der Waals surface area contributed by atoms with Crippen LogP contribution in [0.4, 0.5) is 0 Å². The molecule has 0 aromatic rings. The number of rotatable bonds is 6. The fourth-order valence-electron chi connectivity index (χ4n) is 2.58. The Balaban J connectivity index is 2.66. The van der Waals surface area contributed by atoms with Crippen molar-refractivity contribution < 1.29 is 13.2 Å². The van der Waals surface area contributed by atoms with E-state index < -0.39 is 15.1 Å². The molecular formula is C13H26N2O3S. The third-order valence-electron chi connectivity index (χ3n) is 4.05. The summed E-state index contributed by atoms with van der Waals surface area (Å²) in [6.45, 7) is 8.34. The lowest BCUT2D eigenvalue weighted by atomic mass is 9.95. The predicted molar refractivity (Wildman–Crippen MR) is 76.8 cm³/mol. The number of hydrogen-bond acceptors (Lipinski definition) is 4. The molecule has 112 valence electrons. The maximum atomic E-state index is 12.3. The number of carbonyl (C=O) groups excluding carboxylic acids is 1. The van der Waals surface area contributed by atoms with E-state index in [1.165, 1.54) is 0 Å². The monoisotopic (exact) mass is 290 g/mol. The van der Waals surface area contributed by atoms with Gasteiger partial charge in [-0.1, -0.05) is 0 Å². The standard InChI is InChI=1S/C13H26N2O3S/c1-4-15(5-2)13(16)10-19(17,18)11(3)12-6-8-14-9-7-12/h11-12,14H,4-10H2,1-3H3. The van der Waals surface area contributed by atoms with E-state index in [1.807, 2.05) is 13.8 Å². The second-order valence-electron chi connectivity index (χ2n) is 5.17. The van der Waals surface area contributed by atoms with Gasteiger partial charge in [-0.2, -0.15) is 0 Å². The maximum Gasteiger partial charge on any atom is 0.237 e. The highest BCUT2D eigenvalue weighted by atomic mass is 32.2. The van der Waals surface area contributed by atoms with E-state index in [4.69, 9.17) is 0 Å². The molecule has 1 amide bonds. The Labute approximate surface area is 116 Å². The fraction of sp³-hybridized carbons (Fsp3) is 0.923. The molecule has 0 aromatic carbocycles. The Morgan fingerprint density at radius 3 is 2.26 bits per heavy atom. The van der Waals surface area contributed by atoms with Gasteiger partial charge in [-0.3, -0.25) is 4.79 Å². The summed E-state index contributed by atoms with van der Waals surface area (Å²) >= 11 is 0. The SMILES string of the molecule is CCN(CC)C(=O)CS(=O)(=O)C(C)C1CCNCC1. The van der Waals surface area contributed by atoms with Crippen molar-refractivity contribution in [3.8, 4) is 0 Å². The Hall–Kier alpha value is -0.620. The highest BCUT2D eigenvalue weighted by Gasteiger charge is 2.32. The van der Waals surface area contributed by atoms with Crippen LogP contribution in [0.2, 0.25) is 0 Å². The van der Waals surface area contributed by atoms with Gasteiger partial charge in [0.15, 0.2) is 9.84 Å². The van der Waals surface area contributed by atoms with Gasteiger partial charge >= 0.3 is 0 Å². The summed E-state index contributed by atoms with van der Waals surface area (Å²) in [4.78, 5) is 13.5. The summed E-state index contributed by atoms with van der Waals surface area (Å²) in [5.74, 6) is -0.443. The van der Waals surface area contributed by atoms with Crippen molar-refractivity contribution >= 4 is 15.7 Å². The summed E-state index contributed by atoms with van der Waals surface area (Å²) in [5.41, 5.74) is 0. The molecule has 1 unspecified atom stereocenters. The summed E-state index contributed by atoms with van der Waals surface area (Å²) in [6.07, 6.45) is 1.75. The van der Waals surface area contributed by atoms with Crippen molar-refractivity contribution in [2.75, 3.05) is 31.9 Å². The van der Waals surface area contributed by atoms with Crippen LogP contribution in [0.3, 0.4) is 0 Å². The van der Waals surface area contributed by atoms with E-state index in [0.29, 0.717) is 13.1 Å². The van der Waals surface area contributed by atoms with Crippen molar-refractivity contribution in [2.24, 2.45) is 5.92 Å². The van der Waals surface area contributed by atoms with Gasteiger partial charge < -0.3 is 10.2 Å². The molecule has 0 radical (unpaired) electrons. The molecular weight excluding hydrogens is 264 g/mol. The molecule has 1 fully saturated rings. The highest BCUT2D eigenvalue weighted by Crippen LogP contribution is 2.22. The molecule has 19 heavy (non-hydrogen) atoms. The summed E-state index contributed by atoms with van der Waals surface area (Å²) < 4.78 is 24.6. The first-order valence-corrected chi connectivity index (χ1v) is 8.84. The van der Waals surface area contributed by atoms with Gasteiger partial charge in [-0.15, -0.1) is 0 Å². The number of carbonyl (C=O) groups is 1. The van der Waals surface area contributed by atoms with Crippen LogP contribution < -0.4 is 5.32 Å². The van der Waals surface area contributed by atoms with E-state index >= 15 is 0 Å². The van der Waals surface area contributed by atoms with Crippen LogP contribution in [0.25, 0.3) is 0 Å². The Morgan fingerprint density at radius 2 is 1.79 bits per heavy atom. The summed E-state index contributed by atoms with van der Waals surface area (Å²) in [7, 11) is -3.34. The zero-order chi connectivity index (χ0) is 14.5. The number of nitrogens with zero attached hydrogens (tertiary/aromatic N) is 1. The molecule has 1 N–H and O–H groups in total. The number of hydrogen-bond donors (Lipinski definition) is 1. The van der Waals surface area contributed by atoms with Gasteiger partial charge in [-0.05, 0) is 52.6 Å². The van der Waals surface area contributed by atoms with Crippen molar-refractivity contribution in [3.63, 3.8) is 0 Å². The minimum absolute atomic E-state index is 0.177. The topological polar surface area (TPSA) is 66.5 Å². The van der Waals surface area contributed by atoms with Gasteiger partial charge in [0.2, 0.25) is 5.91 Å². The van der Waals surface area contributed by atoms with Gasteiger partial charge in [0, 0.05) is 13.1 Å². The lowest BCUT2D eigenvalue weighted by Crippen LogP contribution is -2.41. The van der Waals surface area contributed by atoms with E-state index in [0.717, 1.165) is 25.9 Å². The molecule has 1 atom stereocenters. The summed E-state index contributed by atoms with van der Waals surface area (Å²) in [5, 5.41) is 2.81. The van der Waals surface area contributed by atoms with Crippen LogP contribution in [0, 0.1) is 5.92 Å². The third-order valence-corrected chi connectivity index (χ3v) is 6.22. The molecule has 1 aliphatic heterocycles. The lowest BCUT2D eigenvalue weighted by molar-refractivity contribution is -0.128. The number of nitrogens with one attached hydrogen (secondary N) is 1. The van der Waals surface area contributed by atoms with E-state index in [1.54, 1.807) is 11.8 Å². The molecule has 0 bridgehead atoms. The van der Waals surface area contributed by atoms with Crippen molar-refractivity contribution in [1.82, 2.24) is 10.2 Å². The molecule has 0 spiro atoms. The van der Waals surface area contributed by atoms with Gasteiger partial charge in [0.05, 0.1) is 5.25 Å².